The van der Waals surface area contributed by atoms with Gasteiger partial charge in [-0.15, -0.1) is 0 Å². The van der Waals surface area contributed by atoms with Gasteiger partial charge in [0, 0.05) is 29.1 Å². The number of amides is 1. The van der Waals surface area contributed by atoms with Crippen molar-refractivity contribution in [2.75, 3.05) is 23.3 Å². The molecule has 3 aromatic carbocycles. The van der Waals surface area contributed by atoms with Crippen LogP contribution in [0.15, 0.2) is 54.6 Å². The summed E-state index contributed by atoms with van der Waals surface area (Å²) in [4.78, 5) is 15.3. The summed E-state index contributed by atoms with van der Waals surface area (Å²) in [5.74, 6) is -0.164. The molecule has 0 saturated carbocycles. The second kappa shape index (κ2) is 7.79. The molecule has 1 amide bonds. The zero-order valence-corrected chi connectivity index (χ0v) is 16.4. The van der Waals surface area contributed by atoms with Crippen LogP contribution >= 0.6 is 23.2 Å². The first-order valence-corrected chi connectivity index (χ1v) is 9.93. The summed E-state index contributed by atoms with van der Waals surface area (Å²) in [7, 11) is 0. The summed E-state index contributed by atoms with van der Waals surface area (Å²) >= 11 is 12.8. The largest absolute Gasteiger partial charge is 0.369 e. The Morgan fingerprint density at radius 3 is 2.30 bits per heavy atom. The second-order valence-corrected chi connectivity index (χ2v) is 7.59. The van der Waals surface area contributed by atoms with Crippen LogP contribution in [0.4, 0.5) is 11.4 Å². The van der Waals surface area contributed by atoms with E-state index in [0.717, 1.165) is 48.1 Å². The second-order valence-electron chi connectivity index (χ2n) is 6.78. The van der Waals surface area contributed by atoms with Crippen LogP contribution in [0.2, 0.25) is 10.0 Å². The summed E-state index contributed by atoms with van der Waals surface area (Å²) in [5.41, 5.74) is 2.25. The molecule has 0 bridgehead atoms. The Bertz CT molecular complexity index is 997. The number of halogens is 2. The number of carbonyl (C=O) groups excluding carboxylic acids is 1. The van der Waals surface area contributed by atoms with Gasteiger partial charge in [-0.1, -0.05) is 53.5 Å². The Balaban J connectivity index is 1.70. The van der Waals surface area contributed by atoms with Crippen molar-refractivity contribution in [2.45, 2.75) is 19.3 Å². The van der Waals surface area contributed by atoms with Crippen LogP contribution in [-0.4, -0.2) is 19.0 Å². The van der Waals surface area contributed by atoms with Crippen molar-refractivity contribution < 1.29 is 4.79 Å². The van der Waals surface area contributed by atoms with Crippen LogP contribution in [-0.2, 0) is 0 Å². The smallest absolute Gasteiger partial charge is 0.256 e. The number of para-hydroxylation sites is 1. The highest BCUT2D eigenvalue weighted by Crippen LogP contribution is 2.36. The van der Waals surface area contributed by atoms with Gasteiger partial charge in [0.2, 0.25) is 0 Å². The monoisotopic (exact) mass is 398 g/mol. The van der Waals surface area contributed by atoms with E-state index in [1.165, 1.54) is 6.42 Å². The highest BCUT2D eigenvalue weighted by Gasteiger charge is 2.20. The van der Waals surface area contributed by atoms with Gasteiger partial charge in [-0.2, -0.15) is 0 Å². The van der Waals surface area contributed by atoms with Crippen molar-refractivity contribution in [1.29, 1.82) is 0 Å². The number of anilines is 2. The maximum atomic E-state index is 13.1. The van der Waals surface area contributed by atoms with E-state index in [2.05, 4.69) is 10.2 Å². The van der Waals surface area contributed by atoms with Gasteiger partial charge in [0.05, 0.1) is 16.4 Å². The Morgan fingerprint density at radius 1 is 0.815 bits per heavy atom. The van der Waals surface area contributed by atoms with Crippen molar-refractivity contribution in [3.63, 3.8) is 0 Å². The molecule has 1 fully saturated rings. The summed E-state index contributed by atoms with van der Waals surface area (Å²) < 4.78 is 0. The fourth-order valence-corrected chi connectivity index (χ4v) is 4.25. The minimum Gasteiger partial charge on any atom is -0.369 e. The molecule has 1 saturated heterocycles. The van der Waals surface area contributed by atoms with E-state index in [1.54, 1.807) is 0 Å². The molecule has 1 N–H and O–H groups in total. The summed E-state index contributed by atoms with van der Waals surface area (Å²) in [6.45, 7) is 1.91. The average molecular weight is 399 g/mol. The van der Waals surface area contributed by atoms with Crippen LogP contribution in [0.1, 0.15) is 29.6 Å². The molecule has 138 valence electrons. The zero-order chi connectivity index (χ0) is 18.8. The number of hydrogen-bond donors (Lipinski definition) is 1. The first kappa shape index (κ1) is 18.1. The molecule has 0 atom stereocenters. The maximum absolute atomic E-state index is 13.1. The van der Waals surface area contributed by atoms with Gasteiger partial charge in [-0.25, -0.2) is 0 Å². The van der Waals surface area contributed by atoms with E-state index in [0.29, 0.717) is 15.6 Å². The quantitative estimate of drug-likeness (QED) is 0.554. The van der Waals surface area contributed by atoms with Gasteiger partial charge in [-0.3, -0.25) is 4.79 Å². The number of nitrogens with zero attached hydrogens (tertiary/aromatic N) is 1. The molecular formula is C22H20Cl2N2O. The molecule has 4 rings (SSSR count). The number of nitrogens with one attached hydrogen (secondary N) is 1. The zero-order valence-electron chi connectivity index (χ0n) is 14.8. The van der Waals surface area contributed by atoms with Gasteiger partial charge in [0.1, 0.15) is 0 Å². The van der Waals surface area contributed by atoms with E-state index in [4.69, 9.17) is 23.2 Å². The first-order chi connectivity index (χ1) is 13.1. The standard InChI is InChI=1S/C22H20Cl2N2O/c23-18-10-5-7-15-16(18)8-4-9-17(15)22(27)25-20-12-6-11-19(24)21(20)26-13-2-1-3-14-26/h4-12H,1-3,13-14H2,(H,25,27). The number of carbonyl (C=O) groups is 1. The lowest BCUT2D eigenvalue weighted by Crippen LogP contribution is -2.30. The van der Waals surface area contributed by atoms with Crippen LogP contribution in [0, 0.1) is 0 Å². The number of benzene rings is 3. The summed E-state index contributed by atoms with van der Waals surface area (Å²) in [5, 5.41) is 6.08. The van der Waals surface area contributed by atoms with Gasteiger partial charge in [0.25, 0.3) is 5.91 Å². The maximum Gasteiger partial charge on any atom is 0.256 e. The fraction of sp³-hybridized carbons (Fsp3) is 0.227. The molecular weight excluding hydrogens is 379 g/mol. The van der Waals surface area contributed by atoms with Crippen LogP contribution < -0.4 is 10.2 Å². The Morgan fingerprint density at radius 2 is 1.48 bits per heavy atom. The van der Waals surface area contributed by atoms with E-state index < -0.39 is 0 Å². The Kier molecular flexibility index (Phi) is 5.24. The topological polar surface area (TPSA) is 32.3 Å². The van der Waals surface area contributed by atoms with E-state index in [9.17, 15) is 4.79 Å². The lowest BCUT2D eigenvalue weighted by molar-refractivity contribution is 0.102. The normalized spacial score (nSPS) is 14.4. The summed E-state index contributed by atoms with van der Waals surface area (Å²) in [6, 6.07) is 16.9. The van der Waals surface area contributed by atoms with Gasteiger partial charge >= 0.3 is 0 Å². The molecule has 0 radical (unpaired) electrons. The minimum absolute atomic E-state index is 0.164. The Hall–Kier alpha value is -2.23. The molecule has 1 aliphatic rings. The number of fused-ring (bicyclic) bond motifs is 1. The molecule has 27 heavy (non-hydrogen) atoms. The number of rotatable bonds is 3. The number of hydrogen-bond acceptors (Lipinski definition) is 2. The molecule has 0 aliphatic carbocycles. The van der Waals surface area contributed by atoms with Crippen molar-refractivity contribution in [3.8, 4) is 0 Å². The third-order valence-electron chi connectivity index (χ3n) is 5.02. The van der Waals surface area contributed by atoms with Crippen molar-refractivity contribution in [1.82, 2.24) is 0 Å². The molecule has 0 aromatic heterocycles. The van der Waals surface area contributed by atoms with E-state index >= 15 is 0 Å². The first-order valence-electron chi connectivity index (χ1n) is 9.17. The average Bonchev–Trinajstić information content (AvgIpc) is 2.69. The molecule has 0 unspecified atom stereocenters. The Labute approximate surface area is 168 Å². The highest BCUT2D eigenvalue weighted by atomic mass is 35.5. The third kappa shape index (κ3) is 3.62. The van der Waals surface area contributed by atoms with Crippen molar-refractivity contribution >= 4 is 51.3 Å². The van der Waals surface area contributed by atoms with Crippen LogP contribution in [0.25, 0.3) is 10.8 Å². The van der Waals surface area contributed by atoms with Crippen LogP contribution in [0.5, 0.6) is 0 Å². The minimum atomic E-state index is -0.164. The predicted octanol–water partition coefficient (Wildman–Crippen LogP) is 6.39. The van der Waals surface area contributed by atoms with E-state index in [-0.39, 0.29) is 5.91 Å². The highest BCUT2D eigenvalue weighted by molar-refractivity contribution is 6.36. The third-order valence-corrected chi connectivity index (χ3v) is 5.66. The molecule has 5 heteroatoms. The van der Waals surface area contributed by atoms with Crippen molar-refractivity contribution in [2.24, 2.45) is 0 Å². The van der Waals surface area contributed by atoms with Gasteiger partial charge in [-0.05, 0) is 48.9 Å². The van der Waals surface area contributed by atoms with Gasteiger partial charge in [0.15, 0.2) is 0 Å². The molecule has 0 spiro atoms. The predicted molar refractivity (Wildman–Crippen MR) is 114 cm³/mol. The number of piperidine rings is 1. The fourth-order valence-electron chi connectivity index (χ4n) is 3.71. The van der Waals surface area contributed by atoms with Gasteiger partial charge < -0.3 is 10.2 Å². The lowest BCUT2D eigenvalue weighted by Gasteiger charge is -2.31. The molecule has 1 heterocycles. The molecule has 3 aromatic rings. The lowest BCUT2D eigenvalue weighted by atomic mass is 10.0. The SMILES string of the molecule is O=C(Nc1cccc(Cl)c1N1CCCCC1)c1cccc2c(Cl)cccc12. The summed E-state index contributed by atoms with van der Waals surface area (Å²) in [6.07, 6.45) is 3.51. The molecule has 1 aliphatic heterocycles. The van der Waals surface area contributed by atoms with Crippen molar-refractivity contribution in [3.05, 3.63) is 70.2 Å². The van der Waals surface area contributed by atoms with Crippen LogP contribution in [0.3, 0.4) is 0 Å². The molecule has 3 nitrogen and oxygen atoms in total. The van der Waals surface area contributed by atoms with E-state index in [1.807, 2.05) is 54.6 Å².